The standard InChI is InChI=1S/C24H26N6O2S/c1-17-21(28-16-27-17)15-33-10-8-25-24-26-13-20(23(32)29-24)11-19-7-9-30(22(31)12-19)14-18-5-3-2-4-6-18/h2-7,9,12-13,16H,8,10-11,14-15H2,1H3,(H,27,28)(H2,25,26,29,32). The van der Waals surface area contributed by atoms with Gasteiger partial charge in [-0.25, -0.2) is 9.97 Å². The highest BCUT2D eigenvalue weighted by Crippen LogP contribution is 2.12. The molecule has 9 heteroatoms. The Morgan fingerprint density at radius 1 is 1.09 bits per heavy atom. The van der Waals surface area contributed by atoms with Crippen LogP contribution in [0.25, 0.3) is 0 Å². The van der Waals surface area contributed by atoms with E-state index in [1.54, 1.807) is 41.1 Å². The minimum atomic E-state index is -0.208. The molecule has 0 saturated heterocycles. The third-order valence-corrected chi connectivity index (χ3v) is 6.21. The summed E-state index contributed by atoms with van der Waals surface area (Å²) in [7, 11) is 0. The Balaban J connectivity index is 1.30. The molecule has 0 spiro atoms. The van der Waals surface area contributed by atoms with E-state index in [-0.39, 0.29) is 11.1 Å². The average Bonchev–Trinajstić information content (AvgIpc) is 3.22. The van der Waals surface area contributed by atoms with Crippen LogP contribution >= 0.6 is 11.8 Å². The van der Waals surface area contributed by atoms with Crippen molar-refractivity contribution in [1.82, 2.24) is 24.5 Å². The fourth-order valence-corrected chi connectivity index (χ4v) is 4.24. The Kier molecular flexibility index (Phi) is 7.41. The van der Waals surface area contributed by atoms with Crippen molar-refractivity contribution < 1.29 is 0 Å². The van der Waals surface area contributed by atoms with Crippen molar-refractivity contribution in [2.75, 3.05) is 17.6 Å². The van der Waals surface area contributed by atoms with Gasteiger partial charge in [-0.15, -0.1) is 0 Å². The van der Waals surface area contributed by atoms with Crippen LogP contribution in [0.15, 0.2) is 70.8 Å². The van der Waals surface area contributed by atoms with Crippen molar-refractivity contribution in [3.63, 3.8) is 0 Å². The van der Waals surface area contributed by atoms with Crippen LogP contribution in [0.1, 0.15) is 28.1 Å². The van der Waals surface area contributed by atoms with Gasteiger partial charge in [0.15, 0.2) is 0 Å². The quantitative estimate of drug-likeness (QED) is 0.313. The van der Waals surface area contributed by atoms with E-state index in [1.165, 1.54) is 0 Å². The monoisotopic (exact) mass is 462 g/mol. The second-order valence-electron chi connectivity index (χ2n) is 7.70. The van der Waals surface area contributed by atoms with E-state index in [4.69, 9.17) is 0 Å². The van der Waals surface area contributed by atoms with E-state index in [9.17, 15) is 9.59 Å². The van der Waals surface area contributed by atoms with Gasteiger partial charge in [-0.1, -0.05) is 30.3 Å². The van der Waals surface area contributed by atoms with Crippen molar-refractivity contribution in [2.24, 2.45) is 0 Å². The number of hydrogen-bond acceptors (Lipinski definition) is 6. The minimum absolute atomic E-state index is 0.0958. The number of nitrogens with zero attached hydrogens (tertiary/aromatic N) is 3. The highest BCUT2D eigenvalue weighted by atomic mass is 32.2. The van der Waals surface area contributed by atoms with Gasteiger partial charge in [0.25, 0.3) is 11.1 Å². The zero-order valence-corrected chi connectivity index (χ0v) is 19.2. The lowest BCUT2D eigenvalue weighted by molar-refractivity contribution is 0.755. The first-order valence-electron chi connectivity index (χ1n) is 10.7. The van der Waals surface area contributed by atoms with Gasteiger partial charge < -0.3 is 14.9 Å². The lowest BCUT2D eigenvalue weighted by Gasteiger charge is -2.08. The summed E-state index contributed by atoms with van der Waals surface area (Å²) in [6, 6.07) is 13.3. The highest BCUT2D eigenvalue weighted by Gasteiger charge is 2.07. The van der Waals surface area contributed by atoms with Gasteiger partial charge in [-0.2, -0.15) is 11.8 Å². The maximum absolute atomic E-state index is 12.5. The molecule has 0 unspecified atom stereocenters. The van der Waals surface area contributed by atoms with Gasteiger partial charge >= 0.3 is 0 Å². The summed E-state index contributed by atoms with van der Waals surface area (Å²) >= 11 is 1.76. The average molecular weight is 463 g/mol. The first-order valence-corrected chi connectivity index (χ1v) is 11.9. The molecule has 3 N–H and O–H groups in total. The highest BCUT2D eigenvalue weighted by molar-refractivity contribution is 7.98. The van der Waals surface area contributed by atoms with Gasteiger partial charge in [0.2, 0.25) is 5.95 Å². The maximum atomic E-state index is 12.5. The Hall–Kier alpha value is -3.59. The Morgan fingerprint density at radius 2 is 1.94 bits per heavy atom. The van der Waals surface area contributed by atoms with E-state index in [2.05, 4.69) is 25.3 Å². The Labute approximate surface area is 195 Å². The first kappa shape index (κ1) is 22.6. The third kappa shape index (κ3) is 6.23. The molecule has 0 bridgehead atoms. The predicted octanol–water partition coefficient (Wildman–Crippen LogP) is 2.95. The normalized spacial score (nSPS) is 10.9. The first-order chi connectivity index (χ1) is 16.1. The molecular weight excluding hydrogens is 436 g/mol. The molecule has 3 heterocycles. The maximum Gasteiger partial charge on any atom is 0.255 e. The van der Waals surface area contributed by atoms with Crippen molar-refractivity contribution >= 4 is 17.7 Å². The second-order valence-corrected chi connectivity index (χ2v) is 8.81. The molecule has 1 aromatic carbocycles. The summed E-state index contributed by atoms with van der Waals surface area (Å²) in [6.45, 7) is 3.20. The zero-order valence-electron chi connectivity index (χ0n) is 18.4. The number of hydrogen-bond donors (Lipinski definition) is 3. The summed E-state index contributed by atoms with van der Waals surface area (Å²) in [4.78, 5) is 39.4. The van der Waals surface area contributed by atoms with Crippen LogP contribution in [0, 0.1) is 6.92 Å². The molecule has 4 rings (SSSR count). The molecule has 4 aromatic rings. The van der Waals surface area contributed by atoms with Gasteiger partial charge in [-0.05, 0) is 24.1 Å². The number of pyridine rings is 1. The number of imidazole rings is 1. The van der Waals surface area contributed by atoms with Crippen molar-refractivity contribution in [2.45, 2.75) is 25.6 Å². The van der Waals surface area contributed by atoms with Gasteiger partial charge in [0.1, 0.15) is 0 Å². The summed E-state index contributed by atoms with van der Waals surface area (Å²) in [5.74, 6) is 2.14. The lowest BCUT2D eigenvalue weighted by Crippen LogP contribution is -2.21. The number of rotatable bonds is 10. The molecule has 170 valence electrons. The third-order valence-electron chi connectivity index (χ3n) is 5.24. The zero-order chi connectivity index (χ0) is 23.0. The molecule has 8 nitrogen and oxygen atoms in total. The van der Waals surface area contributed by atoms with Gasteiger partial charge in [0, 0.05) is 54.2 Å². The Bertz CT molecular complexity index is 1310. The van der Waals surface area contributed by atoms with Crippen LogP contribution < -0.4 is 16.4 Å². The summed E-state index contributed by atoms with van der Waals surface area (Å²) in [5.41, 5.74) is 4.20. The van der Waals surface area contributed by atoms with Crippen molar-refractivity contribution in [1.29, 1.82) is 0 Å². The van der Waals surface area contributed by atoms with Crippen LogP contribution in [0.2, 0.25) is 0 Å². The van der Waals surface area contributed by atoms with E-state index < -0.39 is 0 Å². The topological polar surface area (TPSA) is 108 Å². The number of aryl methyl sites for hydroxylation is 1. The molecule has 33 heavy (non-hydrogen) atoms. The fourth-order valence-electron chi connectivity index (χ4n) is 3.37. The molecule has 0 aliphatic rings. The van der Waals surface area contributed by atoms with Gasteiger partial charge in [0.05, 0.1) is 18.6 Å². The largest absolute Gasteiger partial charge is 0.355 e. The number of benzene rings is 1. The predicted molar refractivity (Wildman–Crippen MR) is 132 cm³/mol. The molecular formula is C24H26N6O2S. The summed E-state index contributed by atoms with van der Waals surface area (Å²) in [6.07, 6.45) is 5.39. The van der Waals surface area contributed by atoms with Crippen LogP contribution in [0.3, 0.4) is 0 Å². The van der Waals surface area contributed by atoms with Crippen molar-refractivity contribution in [3.8, 4) is 0 Å². The second kappa shape index (κ2) is 10.8. The molecule has 3 aromatic heterocycles. The smallest absolute Gasteiger partial charge is 0.255 e. The van der Waals surface area contributed by atoms with Crippen LogP contribution in [-0.2, 0) is 18.7 Å². The van der Waals surface area contributed by atoms with E-state index in [0.717, 1.165) is 34.0 Å². The fraction of sp³-hybridized carbons (Fsp3) is 0.250. The van der Waals surface area contributed by atoms with Crippen molar-refractivity contribution in [3.05, 3.63) is 110 Å². The summed E-state index contributed by atoms with van der Waals surface area (Å²) in [5, 5.41) is 3.14. The number of thioether (sulfide) groups is 1. The number of aromatic amines is 2. The molecule has 0 atom stereocenters. The van der Waals surface area contributed by atoms with E-state index in [1.807, 2.05) is 43.3 Å². The SMILES string of the molecule is Cc1[nH]cnc1CSCCNc1ncc(Cc2ccn(Cc3ccccc3)c(=O)c2)c(=O)[nH]1. The van der Waals surface area contributed by atoms with Crippen LogP contribution in [0.5, 0.6) is 0 Å². The van der Waals surface area contributed by atoms with E-state index in [0.29, 0.717) is 31.0 Å². The molecule has 0 amide bonds. The molecule has 0 saturated carbocycles. The number of H-pyrrole nitrogens is 2. The molecule has 0 radical (unpaired) electrons. The van der Waals surface area contributed by atoms with Crippen LogP contribution in [0.4, 0.5) is 5.95 Å². The summed E-state index contributed by atoms with van der Waals surface area (Å²) < 4.78 is 1.65. The van der Waals surface area contributed by atoms with Crippen LogP contribution in [-0.4, -0.2) is 36.8 Å². The lowest BCUT2D eigenvalue weighted by atomic mass is 10.1. The van der Waals surface area contributed by atoms with Gasteiger partial charge in [-0.3, -0.25) is 14.6 Å². The molecule has 0 aliphatic carbocycles. The molecule has 0 aliphatic heterocycles. The van der Waals surface area contributed by atoms with E-state index >= 15 is 0 Å². The minimum Gasteiger partial charge on any atom is -0.355 e. The number of anilines is 1. The number of nitrogens with one attached hydrogen (secondary N) is 3. The molecule has 0 fully saturated rings. The number of aromatic nitrogens is 5. The Morgan fingerprint density at radius 3 is 2.67 bits per heavy atom.